The molecule has 0 unspecified atom stereocenters. The van der Waals surface area contributed by atoms with Gasteiger partial charge in [-0.2, -0.15) is 9.41 Å². The lowest BCUT2D eigenvalue weighted by atomic mass is 10.2. The molecule has 1 fully saturated rings. The number of nitrogens with one attached hydrogen (secondary N) is 1. The minimum atomic E-state index is -3.88. The Balaban J connectivity index is 1.87. The van der Waals surface area contributed by atoms with Gasteiger partial charge in [0.2, 0.25) is 10.0 Å². The molecule has 1 aliphatic heterocycles. The maximum Gasteiger partial charge on any atom is 0.295 e. The third-order valence-electron chi connectivity index (χ3n) is 4.90. The minimum absolute atomic E-state index is 0.0246. The van der Waals surface area contributed by atoms with Crippen molar-refractivity contribution in [3.05, 3.63) is 46.0 Å². The molecule has 12 nitrogen and oxygen atoms in total. The Morgan fingerprint density at radius 2 is 1.70 bits per heavy atom. The van der Waals surface area contributed by atoms with Crippen LogP contribution >= 0.6 is 0 Å². The molecule has 33 heavy (non-hydrogen) atoms. The first-order valence-corrected chi connectivity index (χ1v) is 11.2. The summed E-state index contributed by atoms with van der Waals surface area (Å²) in [5.41, 5.74) is 2.71. The summed E-state index contributed by atoms with van der Waals surface area (Å²) in [6.45, 7) is 0.922. The van der Waals surface area contributed by atoms with Crippen LogP contribution in [-0.4, -0.2) is 71.5 Å². The van der Waals surface area contributed by atoms with Gasteiger partial charge in [0.1, 0.15) is 11.4 Å². The summed E-state index contributed by atoms with van der Waals surface area (Å²) in [5, 5.41) is 15.6. The molecule has 0 bridgehead atoms. The monoisotopic (exact) mass is 480 g/mol. The van der Waals surface area contributed by atoms with E-state index in [0.717, 1.165) is 6.07 Å². The fraction of sp³-hybridized carbons (Fsp3) is 0.350. The molecule has 1 aliphatic rings. The van der Waals surface area contributed by atoms with Crippen LogP contribution in [0.1, 0.15) is 5.56 Å². The predicted octanol–water partition coefficient (Wildman–Crippen LogP) is 2.09. The van der Waals surface area contributed by atoms with Gasteiger partial charge in [-0.1, -0.05) is 0 Å². The molecule has 1 N–H and O–H groups in total. The first-order valence-electron chi connectivity index (χ1n) is 9.77. The summed E-state index contributed by atoms with van der Waals surface area (Å²) in [4.78, 5) is 10.8. The SMILES string of the molecule is COc1cc(OC)c(OC)cc1/C=N\Nc1ccc(S(=O)(=O)N2CCOCC2)cc1[N+](=O)[O-]. The predicted molar refractivity (Wildman–Crippen MR) is 120 cm³/mol. The summed E-state index contributed by atoms with van der Waals surface area (Å²) in [6.07, 6.45) is 1.39. The Labute approximate surface area is 190 Å². The lowest BCUT2D eigenvalue weighted by Crippen LogP contribution is -2.40. The molecule has 0 radical (unpaired) electrons. The highest BCUT2D eigenvalue weighted by Gasteiger charge is 2.28. The quantitative estimate of drug-likeness (QED) is 0.324. The van der Waals surface area contributed by atoms with E-state index in [4.69, 9.17) is 18.9 Å². The number of nitrogens with zero attached hydrogens (tertiary/aromatic N) is 3. The van der Waals surface area contributed by atoms with Gasteiger partial charge in [0, 0.05) is 30.8 Å². The number of rotatable bonds is 9. The molecule has 0 atom stereocenters. The van der Waals surface area contributed by atoms with Crippen LogP contribution in [0.3, 0.4) is 0 Å². The summed E-state index contributed by atoms with van der Waals surface area (Å²) in [7, 11) is 0.576. The van der Waals surface area contributed by atoms with Gasteiger partial charge in [-0.15, -0.1) is 0 Å². The van der Waals surface area contributed by atoms with Gasteiger partial charge in [-0.3, -0.25) is 15.5 Å². The van der Waals surface area contributed by atoms with Crippen LogP contribution in [0.25, 0.3) is 0 Å². The van der Waals surface area contributed by atoms with Gasteiger partial charge in [-0.25, -0.2) is 8.42 Å². The molecule has 3 rings (SSSR count). The van der Waals surface area contributed by atoms with Crippen LogP contribution in [0, 0.1) is 10.1 Å². The van der Waals surface area contributed by atoms with Crippen molar-refractivity contribution < 1.29 is 32.3 Å². The number of hydrogen-bond donors (Lipinski definition) is 1. The Hall–Kier alpha value is -3.42. The van der Waals surface area contributed by atoms with E-state index in [-0.39, 0.29) is 36.9 Å². The molecule has 1 heterocycles. The highest BCUT2D eigenvalue weighted by atomic mass is 32.2. The second-order valence-corrected chi connectivity index (χ2v) is 8.71. The first kappa shape index (κ1) is 24.2. The van der Waals surface area contributed by atoms with Crippen molar-refractivity contribution in [2.45, 2.75) is 4.90 Å². The Morgan fingerprint density at radius 1 is 1.06 bits per heavy atom. The van der Waals surface area contributed by atoms with Gasteiger partial charge in [-0.05, 0) is 18.2 Å². The second-order valence-electron chi connectivity index (χ2n) is 6.77. The number of nitro benzene ring substituents is 1. The van der Waals surface area contributed by atoms with Crippen LogP contribution in [0.5, 0.6) is 17.2 Å². The lowest BCUT2D eigenvalue weighted by Gasteiger charge is -2.26. The zero-order valence-electron chi connectivity index (χ0n) is 18.3. The number of anilines is 1. The van der Waals surface area contributed by atoms with Gasteiger partial charge >= 0.3 is 0 Å². The second kappa shape index (κ2) is 10.5. The number of nitro groups is 1. The number of hydrogen-bond acceptors (Lipinski definition) is 10. The van der Waals surface area contributed by atoms with Crippen molar-refractivity contribution in [1.82, 2.24) is 4.31 Å². The van der Waals surface area contributed by atoms with E-state index in [1.807, 2.05) is 0 Å². The largest absolute Gasteiger partial charge is 0.496 e. The van der Waals surface area contributed by atoms with E-state index in [9.17, 15) is 18.5 Å². The van der Waals surface area contributed by atoms with Crippen LogP contribution in [0.4, 0.5) is 11.4 Å². The zero-order chi connectivity index (χ0) is 24.0. The molecule has 0 spiro atoms. The van der Waals surface area contributed by atoms with Crippen molar-refractivity contribution in [2.75, 3.05) is 53.1 Å². The Bertz CT molecular complexity index is 1150. The molecular weight excluding hydrogens is 456 g/mol. The fourth-order valence-corrected chi connectivity index (χ4v) is 4.61. The summed E-state index contributed by atoms with van der Waals surface area (Å²) >= 11 is 0. The first-order chi connectivity index (χ1) is 15.8. The third kappa shape index (κ3) is 5.32. The molecule has 13 heteroatoms. The highest BCUT2D eigenvalue weighted by molar-refractivity contribution is 7.89. The number of sulfonamides is 1. The number of ether oxygens (including phenoxy) is 4. The van der Waals surface area contributed by atoms with E-state index in [1.165, 1.54) is 44.0 Å². The van der Waals surface area contributed by atoms with Crippen LogP contribution in [0.2, 0.25) is 0 Å². The van der Waals surface area contributed by atoms with Gasteiger partial charge < -0.3 is 18.9 Å². The fourth-order valence-electron chi connectivity index (χ4n) is 3.18. The van der Waals surface area contributed by atoms with E-state index in [1.54, 1.807) is 12.1 Å². The molecule has 0 amide bonds. The normalized spacial score (nSPS) is 14.8. The van der Waals surface area contributed by atoms with Crippen molar-refractivity contribution in [2.24, 2.45) is 5.10 Å². The van der Waals surface area contributed by atoms with Crippen molar-refractivity contribution >= 4 is 27.6 Å². The van der Waals surface area contributed by atoms with E-state index in [0.29, 0.717) is 22.8 Å². The van der Waals surface area contributed by atoms with Crippen molar-refractivity contribution in [3.63, 3.8) is 0 Å². The molecule has 2 aromatic carbocycles. The molecule has 2 aromatic rings. The average Bonchev–Trinajstić information content (AvgIpc) is 2.84. The molecule has 0 aliphatic carbocycles. The maximum absolute atomic E-state index is 12.8. The maximum atomic E-state index is 12.8. The number of hydrazone groups is 1. The van der Waals surface area contributed by atoms with E-state index < -0.39 is 20.6 Å². The van der Waals surface area contributed by atoms with Gasteiger partial charge in [0.15, 0.2) is 11.5 Å². The number of methoxy groups -OCH3 is 3. The average molecular weight is 480 g/mol. The Morgan fingerprint density at radius 3 is 2.30 bits per heavy atom. The summed E-state index contributed by atoms with van der Waals surface area (Å²) in [5.74, 6) is 1.36. The van der Waals surface area contributed by atoms with E-state index in [2.05, 4.69) is 10.5 Å². The molecular formula is C20H24N4O8S. The molecule has 0 aromatic heterocycles. The number of morpholine rings is 1. The van der Waals surface area contributed by atoms with Crippen LogP contribution in [0.15, 0.2) is 40.3 Å². The highest BCUT2D eigenvalue weighted by Crippen LogP contribution is 2.34. The van der Waals surface area contributed by atoms with E-state index >= 15 is 0 Å². The van der Waals surface area contributed by atoms with Gasteiger partial charge in [0.05, 0.1) is 50.6 Å². The summed E-state index contributed by atoms with van der Waals surface area (Å²) < 4.78 is 47.9. The lowest BCUT2D eigenvalue weighted by molar-refractivity contribution is -0.384. The van der Waals surface area contributed by atoms with Crippen molar-refractivity contribution in [1.29, 1.82) is 0 Å². The molecule has 1 saturated heterocycles. The van der Waals surface area contributed by atoms with Gasteiger partial charge in [0.25, 0.3) is 5.69 Å². The van der Waals surface area contributed by atoms with Crippen LogP contribution < -0.4 is 19.6 Å². The smallest absolute Gasteiger partial charge is 0.295 e. The third-order valence-corrected chi connectivity index (χ3v) is 6.79. The van der Waals surface area contributed by atoms with Crippen LogP contribution in [-0.2, 0) is 14.8 Å². The number of benzene rings is 2. The zero-order valence-corrected chi connectivity index (χ0v) is 19.1. The standard InChI is InChI=1S/C20H24N4O8S/c1-29-18-12-20(31-3)19(30-2)10-14(18)13-21-22-16-5-4-15(11-17(16)24(25)26)33(27,28)23-6-8-32-9-7-23/h4-5,10-13,22H,6-9H2,1-3H3/b21-13-. The topological polar surface area (TPSA) is 142 Å². The minimum Gasteiger partial charge on any atom is -0.496 e. The molecule has 0 saturated carbocycles. The van der Waals surface area contributed by atoms with Crippen molar-refractivity contribution in [3.8, 4) is 17.2 Å². The molecule has 178 valence electrons. The Kier molecular flexibility index (Phi) is 7.68. The summed E-state index contributed by atoms with van der Waals surface area (Å²) in [6, 6.07) is 6.87.